The van der Waals surface area contributed by atoms with Crippen LogP contribution in [0.3, 0.4) is 0 Å². The van der Waals surface area contributed by atoms with Crippen molar-refractivity contribution in [2.24, 2.45) is 0 Å². The summed E-state index contributed by atoms with van der Waals surface area (Å²) >= 11 is 6.01. The van der Waals surface area contributed by atoms with Crippen molar-refractivity contribution >= 4 is 23.4 Å². The van der Waals surface area contributed by atoms with E-state index in [4.69, 9.17) is 16.3 Å². The molecule has 0 atom stereocenters. The van der Waals surface area contributed by atoms with Crippen LogP contribution in [0.4, 0.5) is 0 Å². The van der Waals surface area contributed by atoms with E-state index in [-0.39, 0.29) is 18.4 Å². The lowest BCUT2D eigenvalue weighted by Crippen LogP contribution is -2.35. The fraction of sp³-hybridized carbons (Fsp3) is 0.462. The van der Waals surface area contributed by atoms with E-state index in [1.54, 1.807) is 0 Å². The van der Waals surface area contributed by atoms with Gasteiger partial charge in [-0.3, -0.25) is 9.59 Å². The normalized spacial score (nSPS) is 18.8. The Kier molecular flexibility index (Phi) is 6.58. The second-order valence-corrected chi connectivity index (χ2v) is 9.19. The molecule has 0 N–H and O–H groups in total. The molecule has 4 rings (SSSR count). The first-order valence-corrected chi connectivity index (χ1v) is 11.5. The third kappa shape index (κ3) is 4.46. The molecule has 0 unspecified atom stereocenters. The first-order chi connectivity index (χ1) is 14.6. The number of Topliss-reactive ketones (excluding diaryl/α,β-unsaturated/α-hetero) is 1. The Morgan fingerprint density at radius 1 is 0.867 bits per heavy atom. The van der Waals surface area contributed by atoms with E-state index in [0.717, 1.165) is 31.2 Å². The quantitative estimate of drug-likeness (QED) is 0.386. The highest BCUT2D eigenvalue weighted by Gasteiger charge is 2.44. The van der Waals surface area contributed by atoms with Crippen molar-refractivity contribution in [1.82, 2.24) is 0 Å². The number of carbonyl (C=O) groups excluding carboxylic acids is 2. The summed E-state index contributed by atoms with van der Waals surface area (Å²) in [7, 11) is 0. The maximum atomic E-state index is 13.0. The highest BCUT2D eigenvalue weighted by molar-refractivity contribution is 6.30. The largest absolute Gasteiger partial charge is 0.457 e. The second kappa shape index (κ2) is 9.34. The van der Waals surface area contributed by atoms with Gasteiger partial charge in [-0.25, -0.2) is 0 Å². The van der Waals surface area contributed by atoms with Crippen LogP contribution in [0.2, 0.25) is 5.02 Å². The summed E-state index contributed by atoms with van der Waals surface area (Å²) < 4.78 is 5.56. The van der Waals surface area contributed by atoms with Crippen LogP contribution in [0.25, 0.3) is 0 Å². The van der Waals surface area contributed by atoms with Gasteiger partial charge >= 0.3 is 5.97 Å². The molecule has 0 radical (unpaired) electrons. The van der Waals surface area contributed by atoms with E-state index in [9.17, 15) is 9.59 Å². The molecule has 0 saturated heterocycles. The van der Waals surface area contributed by atoms with Gasteiger partial charge in [0.25, 0.3) is 0 Å². The molecule has 4 heteroatoms. The van der Waals surface area contributed by atoms with Gasteiger partial charge in [0.15, 0.2) is 12.4 Å². The highest BCUT2D eigenvalue weighted by atomic mass is 35.5. The topological polar surface area (TPSA) is 43.4 Å². The first-order valence-electron chi connectivity index (χ1n) is 11.1. The summed E-state index contributed by atoms with van der Waals surface area (Å²) in [6.45, 7) is -0.211. The van der Waals surface area contributed by atoms with Crippen LogP contribution in [0.1, 0.15) is 85.2 Å². The molecule has 2 aromatic carbocycles. The Bertz CT molecular complexity index is 873. The molecule has 2 saturated carbocycles. The van der Waals surface area contributed by atoms with Crippen LogP contribution in [0.5, 0.6) is 0 Å². The van der Waals surface area contributed by atoms with E-state index in [2.05, 4.69) is 12.1 Å². The minimum absolute atomic E-state index is 0.150. The molecule has 0 bridgehead atoms. The molecule has 3 nitrogen and oxygen atoms in total. The van der Waals surface area contributed by atoms with Gasteiger partial charge in [-0.15, -0.1) is 0 Å². The third-order valence-electron chi connectivity index (χ3n) is 6.89. The van der Waals surface area contributed by atoms with Gasteiger partial charge in [0.05, 0.1) is 5.41 Å². The molecular weight excluding hydrogens is 396 g/mol. The van der Waals surface area contributed by atoms with Crippen molar-refractivity contribution in [3.05, 3.63) is 70.2 Å². The van der Waals surface area contributed by atoms with Gasteiger partial charge in [-0.2, -0.15) is 0 Å². The molecule has 2 fully saturated rings. The number of hydrogen-bond donors (Lipinski definition) is 0. The van der Waals surface area contributed by atoms with Crippen LogP contribution in [0, 0.1) is 0 Å². The van der Waals surface area contributed by atoms with E-state index in [1.807, 2.05) is 36.4 Å². The summed E-state index contributed by atoms with van der Waals surface area (Å²) in [5, 5.41) is 0.645. The molecule has 30 heavy (non-hydrogen) atoms. The van der Waals surface area contributed by atoms with Crippen LogP contribution < -0.4 is 0 Å². The predicted octanol–water partition coefficient (Wildman–Crippen LogP) is 6.63. The molecular formula is C26H29ClO3. The fourth-order valence-corrected chi connectivity index (χ4v) is 5.21. The first kappa shape index (κ1) is 21.1. The number of ketones is 1. The average molecular weight is 425 g/mol. The van der Waals surface area contributed by atoms with Crippen LogP contribution in [-0.2, 0) is 14.9 Å². The lowest BCUT2D eigenvalue weighted by molar-refractivity contribution is -0.149. The van der Waals surface area contributed by atoms with Crippen LogP contribution in [-0.4, -0.2) is 18.4 Å². The average Bonchev–Trinajstić information content (AvgIpc) is 3.30. The molecule has 0 amide bonds. The van der Waals surface area contributed by atoms with E-state index >= 15 is 0 Å². The van der Waals surface area contributed by atoms with Gasteiger partial charge in [-0.05, 0) is 54.9 Å². The van der Waals surface area contributed by atoms with Crippen molar-refractivity contribution in [2.75, 3.05) is 6.61 Å². The monoisotopic (exact) mass is 424 g/mol. The van der Waals surface area contributed by atoms with E-state index in [1.165, 1.54) is 37.7 Å². The number of ether oxygens (including phenoxy) is 1. The van der Waals surface area contributed by atoms with Crippen LogP contribution >= 0.6 is 11.6 Å². The van der Waals surface area contributed by atoms with Gasteiger partial charge in [-0.1, -0.05) is 80.1 Å². The number of esters is 1. The number of hydrogen-bond acceptors (Lipinski definition) is 3. The number of rotatable bonds is 6. The molecule has 0 aliphatic heterocycles. The lowest BCUT2D eigenvalue weighted by atomic mass is 9.79. The Hall–Kier alpha value is -2.13. The Labute approximate surface area is 183 Å². The molecule has 0 aromatic heterocycles. The van der Waals surface area contributed by atoms with Crippen molar-refractivity contribution in [3.63, 3.8) is 0 Å². The molecule has 0 spiro atoms. The Morgan fingerprint density at radius 3 is 2.13 bits per heavy atom. The third-order valence-corrected chi connectivity index (χ3v) is 7.14. The number of halogens is 1. The summed E-state index contributed by atoms with van der Waals surface area (Å²) in [6, 6.07) is 15.3. The smallest absolute Gasteiger partial charge is 0.317 e. The standard InChI is InChI=1S/C26H29ClO3/c27-23-14-12-22(13-15-23)26(16-4-5-17-26)25(29)30-18-24(28)21-10-8-20(9-11-21)19-6-2-1-3-7-19/h8-15,19H,1-7,16-18H2. The van der Waals surface area contributed by atoms with Gasteiger partial charge in [0, 0.05) is 10.6 Å². The predicted molar refractivity (Wildman–Crippen MR) is 119 cm³/mol. The molecule has 2 aliphatic carbocycles. The summed E-state index contributed by atoms with van der Waals surface area (Å²) in [6.07, 6.45) is 9.83. The van der Waals surface area contributed by atoms with Gasteiger partial charge in [0.1, 0.15) is 0 Å². The van der Waals surface area contributed by atoms with Crippen molar-refractivity contribution in [2.45, 2.75) is 69.1 Å². The number of carbonyl (C=O) groups is 2. The SMILES string of the molecule is O=C(COC(=O)C1(c2ccc(Cl)cc2)CCCC1)c1ccc(C2CCCCC2)cc1. The lowest BCUT2D eigenvalue weighted by Gasteiger charge is -2.27. The highest BCUT2D eigenvalue weighted by Crippen LogP contribution is 2.42. The minimum Gasteiger partial charge on any atom is -0.457 e. The van der Waals surface area contributed by atoms with Crippen molar-refractivity contribution in [1.29, 1.82) is 0 Å². The maximum Gasteiger partial charge on any atom is 0.317 e. The summed E-state index contributed by atoms with van der Waals surface area (Å²) in [5.74, 6) is 0.166. The maximum absolute atomic E-state index is 13.0. The summed E-state index contributed by atoms with van der Waals surface area (Å²) in [5.41, 5.74) is 2.19. The number of benzene rings is 2. The minimum atomic E-state index is -0.657. The van der Waals surface area contributed by atoms with Crippen molar-refractivity contribution < 1.29 is 14.3 Å². The van der Waals surface area contributed by atoms with Crippen LogP contribution in [0.15, 0.2) is 48.5 Å². The second-order valence-electron chi connectivity index (χ2n) is 8.75. The van der Waals surface area contributed by atoms with Gasteiger partial charge < -0.3 is 4.74 Å². The fourth-order valence-electron chi connectivity index (χ4n) is 5.09. The Morgan fingerprint density at radius 2 is 1.50 bits per heavy atom. The Balaban J connectivity index is 1.40. The molecule has 0 heterocycles. The van der Waals surface area contributed by atoms with E-state index < -0.39 is 5.41 Å². The zero-order valence-corrected chi connectivity index (χ0v) is 18.1. The van der Waals surface area contributed by atoms with Gasteiger partial charge in [0.2, 0.25) is 0 Å². The molecule has 2 aromatic rings. The zero-order valence-electron chi connectivity index (χ0n) is 17.4. The molecule has 158 valence electrons. The van der Waals surface area contributed by atoms with Crippen molar-refractivity contribution in [3.8, 4) is 0 Å². The summed E-state index contributed by atoms with van der Waals surface area (Å²) in [4.78, 5) is 25.7. The van der Waals surface area contributed by atoms with E-state index in [0.29, 0.717) is 16.5 Å². The zero-order chi connectivity index (χ0) is 21.0. The molecule has 2 aliphatic rings.